The van der Waals surface area contributed by atoms with E-state index >= 15 is 0 Å². The molecule has 0 aliphatic carbocycles. The second-order valence-corrected chi connectivity index (χ2v) is 5.00. The summed E-state index contributed by atoms with van der Waals surface area (Å²) in [6, 6.07) is 3.46. The van der Waals surface area contributed by atoms with Crippen LogP contribution >= 0.6 is 11.6 Å². The van der Waals surface area contributed by atoms with Gasteiger partial charge in [-0.25, -0.2) is 10.8 Å². The zero-order chi connectivity index (χ0) is 13.1. The van der Waals surface area contributed by atoms with Crippen molar-refractivity contribution in [2.75, 3.05) is 19.1 Å². The van der Waals surface area contributed by atoms with Crippen molar-refractivity contribution in [2.45, 2.75) is 25.9 Å². The summed E-state index contributed by atoms with van der Waals surface area (Å²) >= 11 is 6.07. The molecule has 0 radical (unpaired) electrons. The van der Waals surface area contributed by atoms with E-state index < -0.39 is 0 Å². The van der Waals surface area contributed by atoms with Crippen LogP contribution in [-0.2, 0) is 6.54 Å². The van der Waals surface area contributed by atoms with Gasteiger partial charge in [-0.2, -0.15) is 0 Å². The van der Waals surface area contributed by atoms with E-state index in [1.165, 1.54) is 0 Å². The predicted molar refractivity (Wildman–Crippen MR) is 69.7 cm³/mol. The Hall–Kier alpha value is -0.880. The number of pyridine rings is 1. The van der Waals surface area contributed by atoms with Gasteiger partial charge in [-0.05, 0) is 33.0 Å². The maximum atomic E-state index is 9.29. The number of rotatable bonds is 5. The lowest BCUT2D eigenvalue weighted by Gasteiger charge is -2.33. The second kappa shape index (κ2) is 5.64. The summed E-state index contributed by atoms with van der Waals surface area (Å²) in [6.45, 7) is 4.51. The highest BCUT2D eigenvalue weighted by Crippen LogP contribution is 2.21. The Labute approximate surface area is 107 Å². The van der Waals surface area contributed by atoms with E-state index in [4.69, 9.17) is 17.4 Å². The van der Waals surface area contributed by atoms with Crippen LogP contribution < -0.4 is 11.3 Å². The lowest BCUT2D eigenvalue weighted by atomic mass is 10.1. The summed E-state index contributed by atoms with van der Waals surface area (Å²) in [5.74, 6) is 5.87. The van der Waals surface area contributed by atoms with Crippen LogP contribution in [-0.4, -0.2) is 34.2 Å². The number of aromatic nitrogens is 1. The first-order valence-corrected chi connectivity index (χ1v) is 5.72. The van der Waals surface area contributed by atoms with Crippen molar-refractivity contribution in [3.63, 3.8) is 0 Å². The average Bonchev–Trinajstić information content (AvgIpc) is 2.31. The van der Waals surface area contributed by atoms with Crippen LogP contribution in [0.5, 0.6) is 0 Å². The van der Waals surface area contributed by atoms with E-state index in [1.807, 2.05) is 25.8 Å². The number of hydrogen-bond acceptors (Lipinski definition) is 5. The molecule has 0 aromatic carbocycles. The second-order valence-electron chi connectivity index (χ2n) is 4.60. The third-order valence-corrected chi connectivity index (χ3v) is 3.22. The van der Waals surface area contributed by atoms with Gasteiger partial charge in [-0.15, -0.1) is 0 Å². The molecule has 0 aliphatic heterocycles. The van der Waals surface area contributed by atoms with Crippen LogP contribution in [0.3, 0.4) is 0 Å². The minimum atomic E-state index is -0.322. The number of anilines is 1. The maximum absolute atomic E-state index is 9.29. The van der Waals surface area contributed by atoms with Gasteiger partial charge in [0.05, 0.1) is 17.3 Å². The number of nitrogen functional groups attached to an aromatic ring is 1. The van der Waals surface area contributed by atoms with Gasteiger partial charge in [-0.1, -0.05) is 11.6 Å². The van der Waals surface area contributed by atoms with Crippen LogP contribution in [0.15, 0.2) is 12.1 Å². The van der Waals surface area contributed by atoms with Crippen molar-refractivity contribution in [2.24, 2.45) is 5.84 Å². The lowest BCUT2D eigenvalue weighted by molar-refractivity contribution is 0.0725. The van der Waals surface area contributed by atoms with Crippen LogP contribution in [0.1, 0.15) is 19.5 Å². The molecule has 5 nitrogen and oxygen atoms in total. The molecule has 0 saturated carbocycles. The molecule has 0 atom stereocenters. The van der Waals surface area contributed by atoms with Gasteiger partial charge in [0.25, 0.3) is 0 Å². The van der Waals surface area contributed by atoms with Crippen molar-refractivity contribution in [3.05, 3.63) is 22.8 Å². The van der Waals surface area contributed by atoms with Crippen LogP contribution in [0.2, 0.25) is 5.02 Å². The number of nitrogens with two attached hydrogens (primary N) is 1. The van der Waals surface area contributed by atoms with Gasteiger partial charge < -0.3 is 10.5 Å². The molecule has 0 unspecified atom stereocenters. The Balaban J connectivity index is 2.87. The highest BCUT2D eigenvalue weighted by molar-refractivity contribution is 6.31. The van der Waals surface area contributed by atoms with Crippen molar-refractivity contribution in [1.82, 2.24) is 9.88 Å². The molecule has 96 valence electrons. The SMILES string of the molecule is CN(Cc1nc(NN)ccc1Cl)C(C)(C)CO. The summed E-state index contributed by atoms with van der Waals surface area (Å²) in [6.07, 6.45) is 0. The molecule has 17 heavy (non-hydrogen) atoms. The van der Waals surface area contributed by atoms with Crippen LogP contribution in [0, 0.1) is 0 Å². The van der Waals surface area contributed by atoms with Gasteiger partial charge >= 0.3 is 0 Å². The van der Waals surface area contributed by atoms with Crippen molar-refractivity contribution >= 4 is 17.4 Å². The Kier molecular flexibility index (Phi) is 4.70. The molecule has 1 rings (SSSR count). The molecule has 1 heterocycles. The molecular weight excluding hydrogens is 240 g/mol. The van der Waals surface area contributed by atoms with Crippen molar-refractivity contribution in [3.8, 4) is 0 Å². The summed E-state index contributed by atoms with van der Waals surface area (Å²) < 4.78 is 0. The van der Waals surface area contributed by atoms with E-state index in [9.17, 15) is 5.11 Å². The molecule has 0 amide bonds. The van der Waals surface area contributed by atoms with E-state index in [2.05, 4.69) is 10.4 Å². The van der Waals surface area contributed by atoms with E-state index in [0.29, 0.717) is 17.4 Å². The number of nitrogens with zero attached hydrogens (tertiary/aromatic N) is 2. The molecule has 1 aromatic rings. The Morgan fingerprint density at radius 2 is 2.18 bits per heavy atom. The third-order valence-electron chi connectivity index (χ3n) is 2.87. The van der Waals surface area contributed by atoms with Gasteiger partial charge in [0.2, 0.25) is 0 Å². The number of likely N-dealkylation sites (N-methyl/N-ethyl adjacent to an activating group) is 1. The largest absolute Gasteiger partial charge is 0.394 e. The number of hydrogen-bond donors (Lipinski definition) is 3. The first kappa shape index (κ1) is 14.2. The summed E-state index contributed by atoms with van der Waals surface area (Å²) in [5, 5.41) is 9.87. The van der Waals surface area contributed by atoms with Crippen molar-refractivity contribution < 1.29 is 5.11 Å². The van der Waals surface area contributed by atoms with Crippen LogP contribution in [0.4, 0.5) is 5.82 Å². The minimum Gasteiger partial charge on any atom is -0.394 e. The van der Waals surface area contributed by atoms with Gasteiger partial charge in [-0.3, -0.25) is 4.90 Å². The van der Waals surface area contributed by atoms with E-state index in [1.54, 1.807) is 12.1 Å². The molecule has 0 saturated heterocycles. The standard InChI is InChI=1S/C11H19ClN4O/c1-11(2,7-17)16(3)6-9-8(12)4-5-10(14-9)15-13/h4-5,17H,6-7,13H2,1-3H3,(H,14,15). The first-order chi connectivity index (χ1) is 7.90. The van der Waals surface area contributed by atoms with E-state index in [-0.39, 0.29) is 12.1 Å². The van der Waals surface area contributed by atoms with Crippen LogP contribution in [0.25, 0.3) is 0 Å². The highest BCUT2D eigenvalue weighted by atomic mass is 35.5. The number of hydrazine groups is 1. The monoisotopic (exact) mass is 258 g/mol. The lowest BCUT2D eigenvalue weighted by Crippen LogP contribution is -2.43. The van der Waals surface area contributed by atoms with Gasteiger partial charge in [0, 0.05) is 12.1 Å². The van der Waals surface area contributed by atoms with Crippen molar-refractivity contribution in [1.29, 1.82) is 0 Å². The topological polar surface area (TPSA) is 74.4 Å². The molecule has 0 spiro atoms. The van der Waals surface area contributed by atoms with E-state index in [0.717, 1.165) is 5.69 Å². The first-order valence-electron chi connectivity index (χ1n) is 5.35. The number of aliphatic hydroxyl groups excluding tert-OH is 1. The predicted octanol–water partition coefficient (Wildman–Crippen LogP) is 1.22. The molecule has 6 heteroatoms. The smallest absolute Gasteiger partial charge is 0.140 e. The van der Waals surface area contributed by atoms with Gasteiger partial charge in [0.1, 0.15) is 5.82 Å². The normalized spacial score (nSPS) is 11.9. The molecule has 0 aliphatic rings. The zero-order valence-corrected chi connectivity index (χ0v) is 11.1. The fourth-order valence-corrected chi connectivity index (χ4v) is 1.40. The summed E-state index contributed by atoms with van der Waals surface area (Å²) in [7, 11) is 1.91. The molecule has 1 aromatic heterocycles. The molecule has 0 fully saturated rings. The zero-order valence-electron chi connectivity index (χ0n) is 10.4. The molecule has 0 bridgehead atoms. The third kappa shape index (κ3) is 3.54. The fourth-order valence-electron chi connectivity index (χ4n) is 1.24. The Morgan fingerprint density at radius 3 is 2.71 bits per heavy atom. The Bertz CT molecular complexity index is 384. The average molecular weight is 259 g/mol. The maximum Gasteiger partial charge on any atom is 0.140 e. The summed E-state index contributed by atoms with van der Waals surface area (Å²) in [4.78, 5) is 6.27. The quantitative estimate of drug-likeness (QED) is 0.547. The Morgan fingerprint density at radius 1 is 1.53 bits per heavy atom. The number of aliphatic hydroxyl groups is 1. The molecular formula is C11H19ClN4O. The number of halogens is 1. The minimum absolute atomic E-state index is 0.0654. The number of nitrogens with one attached hydrogen (secondary N) is 1. The molecule has 4 N–H and O–H groups in total. The summed E-state index contributed by atoms with van der Waals surface area (Å²) in [5.41, 5.74) is 2.89. The van der Waals surface area contributed by atoms with Gasteiger partial charge in [0.15, 0.2) is 0 Å². The fraction of sp³-hybridized carbons (Fsp3) is 0.545. The highest BCUT2D eigenvalue weighted by Gasteiger charge is 2.23.